The van der Waals surface area contributed by atoms with Crippen LogP contribution in [0.1, 0.15) is 32.6 Å². The van der Waals surface area contributed by atoms with Gasteiger partial charge in [0, 0.05) is 18.5 Å². The third-order valence-electron chi connectivity index (χ3n) is 4.18. The standard InChI is InChI=1S/C14H20N2O4S/c1-14(13(17)18)8-4-3-7-11(14)16-12-10(21(2,19)20)6-5-9-15-12/h5-6,9,11H,3-4,7-8H2,1-2H3,(H,15,16)(H,17,18). The van der Waals surface area contributed by atoms with Crippen molar-refractivity contribution < 1.29 is 18.3 Å². The van der Waals surface area contributed by atoms with E-state index >= 15 is 0 Å². The Hall–Kier alpha value is -1.63. The van der Waals surface area contributed by atoms with E-state index in [1.54, 1.807) is 13.0 Å². The fraction of sp³-hybridized carbons (Fsp3) is 0.571. The van der Waals surface area contributed by atoms with Crippen LogP contribution < -0.4 is 5.32 Å². The molecule has 1 saturated carbocycles. The third kappa shape index (κ3) is 3.18. The molecular formula is C14H20N2O4S. The molecule has 0 aromatic carbocycles. The summed E-state index contributed by atoms with van der Waals surface area (Å²) in [6, 6.07) is 2.70. The van der Waals surface area contributed by atoms with Gasteiger partial charge in [-0.05, 0) is 31.9 Å². The Bertz CT molecular complexity index is 644. The first-order valence-electron chi connectivity index (χ1n) is 6.90. The minimum Gasteiger partial charge on any atom is -0.481 e. The molecule has 1 fully saturated rings. The molecule has 1 aliphatic carbocycles. The molecule has 1 aliphatic rings. The van der Waals surface area contributed by atoms with Gasteiger partial charge in [-0.1, -0.05) is 12.8 Å². The number of rotatable bonds is 4. The summed E-state index contributed by atoms with van der Waals surface area (Å²) in [6.07, 6.45) is 5.65. The van der Waals surface area contributed by atoms with Gasteiger partial charge < -0.3 is 10.4 Å². The monoisotopic (exact) mass is 312 g/mol. The Morgan fingerprint density at radius 1 is 1.48 bits per heavy atom. The number of sulfone groups is 1. The molecule has 0 saturated heterocycles. The molecule has 2 atom stereocenters. The maximum absolute atomic E-state index is 11.8. The van der Waals surface area contributed by atoms with Crippen LogP contribution in [0.2, 0.25) is 0 Å². The first-order valence-corrected chi connectivity index (χ1v) is 8.79. The molecule has 0 radical (unpaired) electrons. The maximum atomic E-state index is 11.8. The van der Waals surface area contributed by atoms with E-state index in [4.69, 9.17) is 0 Å². The molecule has 1 aromatic rings. The molecule has 0 bridgehead atoms. The van der Waals surface area contributed by atoms with Crippen LogP contribution in [0, 0.1) is 5.41 Å². The van der Waals surface area contributed by atoms with Crippen LogP contribution in [0.4, 0.5) is 5.82 Å². The number of carboxylic acids is 1. The lowest BCUT2D eigenvalue weighted by Crippen LogP contribution is -2.47. The minimum absolute atomic E-state index is 0.100. The number of aromatic nitrogens is 1. The van der Waals surface area contributed by atoms with Gasteiger partial charge in [0.05, 0.1) is 5.41 Å². The van der Waals surface area contributed by atoms with E-state index in [0.717, 1.165) is 19.1 Å². The molecule has 7 heteroatoms. The summed E-state index contributed by atoms with van der Waals surface area (Å²) in [4.78, 5) is 15.8. The lowest BCUT2D eigenvalue weighted by molar-refractivity contribution is -0.150. The second-order valence-electron chi connectivity index (χ2n) is 5.79. The zero-order chi connectivity index (χ0) is 15.7. The van der Waals surface area contributed by atoms with Crippen molar-refractivity contribution in [1.82, 2.24) is 4.98 Å². The molecule has 0 spiro atoms. The number of hydrogen-bond donors (Lipinski definition) is 2. The zero-order valence-electron chi connectivity index (χ0n) is 12.2. The van der Waals surface area contributed by atoms with Gasteiger partial charge >= 0.3 is 5.97 Å². The van der Waals surface area contributed by atoms with Crippen LogP contribution in [0.3, 0.4) is 0 Å². The topological polar surface area (TPSA) is 96.4 Å². The smallest absolute Gasteiger partial charge is 0.311 e. The largest absolute Gasteiger partial charge is 0.481 e. The van der Waals surface area contributed by atoms with Crippen molar-refractivity contribution in [3.8, 4) is 0 Å². The van der Waals surface area contributed by atoms with Gasteiger partial charge in [-0.3, -0.25) is 4.79 Å². The summed E-state index contributed by atoms with van der Waals surface area (Å²) in [5.41, 5.74) is -0.912. The summed E-state index contributed by atoms with van der Waals surface area (Å²) in [5, 5.41) is 12.6. The van der Waals surface area contributed by atoms with E-state index in [1.165, 1.54) is 12.3 Å². The van der Waals surface area contributed by atoms with Crippen molar-refractivity contribution >= 4 is 21.6 Å². The average molecular weight is 312 g/mol. The highest BCUT2D eigenvalue weighted by atomic mass is 32.2. The number of nitrogens with zero attached hydrogens (tertiary/aromatic N) is 1. The number of pyridine rings is 1. The van der Waals surface area contributed by atoms with Crippen molar-refractivity contribution in [2.75, 3.05) is 11.6 Å². The highest BCUT2D eigenvalue weighted by Crippen LogP contribution is 2.38. The molecule has 2 N–H and O–H groups in total. The Morgan fingerprint density at radius 3 is 2.81 bits per heavy atom. The first-order chi connectivity index (χ1) is 9.75. The van der Waals surface area contributed by atoms with Crippen LogP contribution in [-0.2, 0) is 14.6 Å². The maximum Gasteiger partial charge on any atom is 0.311 e. The van der Waals surface area contributed by atoms with Gasteiger partial charge in [0.2, 0.25) is 0 Å². The number of aliphatic carboxylic acids is 1. The highest BCUT2D eigenvalue weighted by Gasteiger charge is 2.43. The molecule has 0 amide bonds. The highest BCUT2D eigenvalue weighted by molar-refractivity contribution is 7.90. The zero-order valence-corrected chi connectivity index (χ0v) is 13.0. The minimum atomic E-state index is -3.41. The molecule has 2 rings (SSSR count). The van der Waals surface area contributed by atoms with Crippen LogP contribution in [0.15, 0.2) is 23.2 Å². The van der Waals surface area contributed by atoms with Crippen molar-refractivity contribution in [2.45, 2.75) is 43.5 Å². The predicted octanol–water partition coefficient (Wildman–Crippen LogP) is 1.93. The Kier molecular flexibility index (Phi) is 4.22. The van der Waals surface area contributed by atoms with E-state index < -0.39 is 21.2 Å². The van der Waals surface area contributed by atoms with Crippen molar-refractivity contribution in [3.63, 3.8) is 0 Å². The summed E-state index contributed by atoms with van der Waals surface area (Å²) < 4.78 is 23.6. The number of carboxylic acid groups (broad SMARTS) is 1. The molecule has 2 unspecified atom stereocenters. The summed E-state index contributed by atoms with van der Waals surface area (Å²) >= 11 is 0. The molecule has 6 nitrogen and oxygen atoms in total. The first kappa shape index (κ1) is 15.8. The van der Waals surface area contributed by atoms with Crippen LogP contribution in [-0.4, -0.2) is 36.8 Å². The van der Waals surface area contributed by atoms with Gasteiger partial charge in [0.15, 0.2) is 9.84 Å². The van der Waals surface area contributed by atoms with E-state index in [-0.39, 0.29) is 16.8 Å². The molecule has 1 aromatic heterocycles. The molecular weight excluding hydrogens is 292 g/mol. The van der Waals surface area contributed by atoms with Crippen LogP contribution in [0.25, 0.3) is 0 Å². The van der Waals surface area contributed by atoms with Crippen molar-refractivity contribution in [2.24, 2.45) is 5.41 Å². The number of hydrogen-bond acceptors (Lipinski definition) is 5. The Labute approximate surface area is 124 Å². The van der Waals surface area contributed by atoms with Gasteiger partial charge in [-0.2, -0.15) is 0 Å². The fourth-order valence-electron chi connectivity index (χ4n) is 2.78. The predicted molar refractivity (Wildman–Crippen MR) is 79.0 cm³/mol. The Morgan fingerprint density at radius 2 is 2.19 bits per heavy atom. The number of nitrogens with one attached hydrogen (secondary N) is 1. The number of carbonyl (C=O) groups is 1. The summed E-state index contributed by atoms with van der Waals surface area (Å²) in [7, 11) is -3.41. The fourth-order valence-corrected chi connectivity index (χ4v) is 3.57. The second kappa shape index (κ2) is 5.63. The van der Waals surface area contributed by atoms with E-state index in [0.29, 0.717) is 12.8 Å². The SMILES string of the molecule is CC1(C(=O)O)CCCCC1Nc1ncccc1S(C)(=O)=O. The van der Waals surface area contributed by atoms with Gasteiger partial charge in [0.25, 0.3) is 0 Å². The number of anilines is 1. The van der Waals surface area contributed by atoms with E-state index in [9.17, 15) is 18.3 Å². The molecule has 116 valence electrons. The van der Waals surface area contributed by atoms with Gasteiger partial charge in [-0.15, -0.1) is 0 Å². The lowest BCUT2D eigenvalue weighted by atomic mass is 9.71. The third-order valence-corrected chi connectivity index (χ3v) is 5.31. The van der Waals surface area contributed by atoms with E-state index in [1.807, 2.05) is 0 Å². The lowest BCUT2D eigenvalue weighted by Gasteiger charge is -2.38. The van der Waals surface area contributed by atoms with Crippen molar-refractivity contribution in [1.29, 1.82) is 0 Å². The van der Waals surface area contributed by atoms with Crippen LogP contribution in [0.5, 0.6) is 0 Å². The molecule has 1 heterocycles. The summed E-state index contributed by atoms with van der Waals surface area (Å²) in [5.74, 6) is -0.629. The second-order valence-corrected chi connectivity index (χ2v) is 7.77. The molecule has 0 aliphatic heterocycles. The van der Waals surface area contributed by atoms with Gasteiger partial charge in [0.1, 0.15) is 10.7 Å². The van der Waals surface area contributed by atoms with Gasteiger partial charge in [-0.25, -0.2) is 13.4 Å². The van der Waals surface area contributed by atoms with E-state index in [2.05, 4.69) is 10.3 Å². The van der Waals surface area contributed by atoms with Crippen LogP contribution >= 0.6 is 0 Å². The quantitative estimate of drug-likeness (QED) is 0.882. The Balaban J connectivity index is 2.35. The normalized spacial score (nSPS) is 26.3. The van der Waals surface area contributed by atoms with Crippen molar-refractivity contribution in [3.05, 3.63) is 18.3 Å². The average Bonchev–Trinajstić information content (AvgIpc) is 2.41. The summed E-state index contributed by atoms with van der Waals surface area (Å²) in [6.45, 7) is 1.70. The molecule has 21 heavy (non-hydrogen) atoms.